The SMILES string of the molecule is Cc1nnc(-c2cnc3c(c2)nc(CCl)n3CC2CCO2)n1COCC[Si](C)(C)C. The Kier molecular flexibility index (Phi) is 6.24. The molecule has 1 saturated heterocycles. The third kappa shape index (κ3) is 4.59. The van der Waals surface area contributed by atoms with Crippen LogP contribution in [0.4, 0.5) is 0 Å². The molecule has 162 valence electrons. The largest absolute Gasteiger partial charge is 0.376 e. The summed E-state index contributed by atoms with van der Waals surface area (Å²) in [5, 5.41) is 8.61. The summed E-state index contributed by atoms with van der Waals surface area (Å²) in [4.78, 5) is 9.38. The van der Waals surface area contributed by atoms with E-state index in [0.29, 0.717) is 12.6 Å². The van der Waals surface area contributed by atoms with E-state index in [0.717, 1.165) is 66.4 Å². The van der Waals surface area contributed by atoms with Crippen molar-refractivity contribution in [2.45, 2.75) is 64.3 Å². The second-order valence-corrected chi connectivity index (χ2v) is 14.9. The van der Waals surface area contributed by atoms with E-state index >= 15 is 0 Å². The van der Waals surface area contributed by atoms with Crippen molar-refractivity contribution in [1.82, 2.24) is 29.3 Å². The van der Waals surface area contributed by atoms with Gasteiger partial charge in [0.05, 0.1) is 18.5 Å². The molecule has 1 aliphatic rings. The third-order valence-corrected chi connectivity index (χ3v) is 7.32. The number of hydrogen-bond acceptors (Lipinski definition) is 6. The van der Waals surface area contributed by atoms with Gasteiger partial charge < -0.3 is 14.0 Å². The molecule has 3 aromatic heterocycles. The number of hydrogen-bond donors (Lipinski definition) is 0. The van der Waals surface area contributed by atoms with Crippen LogP contribution in [0.5, 0.6) is 0 Å². The number of aromatic nitrogens is 6. The monoisotopic (exact) mass is 448 g/mol. The second-order valence-electron chi connectivity index (χ2n) is 8.97. The van der Waals surface area contributed by atoms with Gasteiger partial charge in [-0.2, -0.15) is 0 Å². The summed E-state index contributed by atoms with van der Waals surface area (Å²) < 4.78 is 15.6. The van der Waals surface area contributed by atoms with Crippen LogP contribution in [0, 0.1) is 6.92 Å². The highest BCUT2D eigenvalue weighted by Crippen LogP contribution is 2.25. The van der Waals surface area contributed by atoms with Gasteiger partial charge in [-0.1, -0.05) is 19.6 Å². The zero-order valence-electron chi connectivity index (χ0n) is 18.1. The fourth-order valence-electron chi connectivity index (χ4n) is 3.39. The Bertz CT molecular complexity index is 1020. The van der Waals surface area contributed by atoms with Gasteiger partial charge in [-0.15, -0.1) is 21.8 Å². The molecule has 0 spiro atoms. The van der Waals surface area contributed by atoms with E-state index in [4.69, 9.17) is 26.1 Å². The number of fused-ring (bicyclic) bond motifs is 1. The van der Waals surface area contributed by atoms with Crippen LogP contribution in [0.3, 0.4) is 0 Å². The average Bonchev–Trinajstić information content (AvgIpc) is 3.20. The van der Waals surface area contributed by atoms with Crippen LogP contribution in [0.25, 0.3) is 22.6 Å². The molecule has 0 bridgehead atoms. The van der Waals surface area contributed by atoms with Crippen LogP contribution in [0.2, 0.25) is 25.7 Å². The molecule has 30 heavy (non-hydrogen) atoms. The summed E-state index contributed by atoms with van der Waals surface area (Å²) in [6.45, 7) is 11.7. The number of imidazole rings is 1. The van der Waals surface area contributed by atoms with Crippen molar-refractivity contribution in [2.24, 2.45) is 0 Å². The van der Waals surface area contributed by atoms with Gasteiger partial charge in [0, 0.05) is 33.0 Å². The molecular weight excluding hydrogens is 420 g/mol. The molecule has 8 nitrogen and oxygen atoms in total. The zero-order chi connectivity index (χ0) is 21.3. The number of pyridine rings is 1. The van der Waals surface area contributed by atoms with Crippen LogP contribution in [-0.2, 0) is 28.6 Å². The maximum Gasteiger partial charge on any atom is 0.167 e. The number of rotatable bonds is 9. The van der Waals surface area contributed by atoms with Crippen LogP contribution in [-0.4, -0.2) is 56.7 Å². The standard InChI is InChI=1S/C20H29ClN6O2Si/c1-14-24-25-19(27(14)13-28-7-8-30(2,3)4)15-9-17-20(22-11-15)26(18(10-21)23-17)12-16-5-6-29-16/h9,11,16H,5-8,10,12-13H2,1-4H3. The van der Waals surface area contributed by atoms with Crippen LogP contribution < -0.4 is 0 Å². The molecule has 0 saturated carbocycles. The number of ether oxygens (including phenoxy) is 2. The maximum absolute atomic E-state index is 6.14. The normalized spacial score (nSPS) is 16.9. The van der Waals surface area contributed by atoms with Gasteiger partial charge in [-0.05, 0) is 25.5 Å². The maximum atomic E-state index is 6.14. The summed E-state index contributed by atoms with van der Waals surface area (Å²) in [6.07, 6.45) is 3.09. The Morgan fingerprint density at radius 1 is 1.27 bits per heavy atom. The molecule has 10 heteroatoms. The zero-order valence-corrected chi connectivity index (χ0v) is 19.8. The van der Waals surface area contributed by atoms with Gasteiger partial charge in [-0.3, -0.25) is 4.57 Å². The summed E-state index contributed by atoms with van der Waals surface area (Å²) in [6, 6.07) is 3.12. The lowest BCUT2D eigenvalue weighted by molar-refractivity contribution is -0.0590. The van der Waals surface area contributed by atoms with Gasteiger partial charge in [0.15, 0.2) is 11.5 Å². The Hall–Kier alpha value is -1.81. The van der Waals surface area contributed by atoms with Crippen molar-refractivity contribution >= 4 is 30.8 Å². The molecule has 1 fully saturated rings. The van der Waals surface area contributed by atoms with Crippen molar-refractivity contribution in [3.63, 3.8) is 0 Å². The molecule has 0 amide bonds. The minimum absolute atomic E-state index is 0.213. The fraction of sp³-hybridized carbons (Fsp3) is 0.600. The lowest BCUT2D eigenvalue weighted by Gasteiger charge is -2.27. The molecule has 1 aliphatic heterocycles. The highest BCUT2D eigenvalue weighted by Gasteiger charge is 2.23. The Labute approximate surface area is 182 Å². The van der Waals surface area contributed by atoms with Gasteiger partial charge in [0.25, 0.3) is 0 Å². The first kappa shape index (κ1) is 21.4. The summed E-state index contributed by atoms with van der Waals surface area (Å²) in [7, 11) is -1.12. The van der Waals surface area contributed by atoms with E-state index in [1.54, 1.807) is 0 Å². The van der Waals surface area contributed by atoms with Gasteiger partial charge >= 0.3 is 0 Å². The van der Waals surface area contributed by atoms with E-state index in [2.05, 4.69) is 39.4 Å². The minimum atomic E-state index is -1.12. The minimum Gasteiger partial charge on any atom is -0.376 e. The number of alkyl halides is 1. The highest BCUT2D eigenvalue weighted by molar-refractivity contribution is 6.76. The van der Waals surface area contributed by atoms with Gasteiger partial charge in [0.2, 0.25) is 0 Å². The van der Waals surface area contributed by atoms with Crippen molar-refractivity contribution in [3.05, 3.63) is 23.9 Å². The lowest BCUT2D eigenvalue weighted by atomic mass is 10.2. The molecule has 0 N–H and O–H groups in total. The van der Waals surface area contributed by atoms with Gasteiger partial charge in [-0.25, -0.2) is 9.97 Å². The van der Waals surface area contributed by atoms with Crippen molar-refractivity contribution < 1.29 is 9.47 Å². The third-order valence-electron chi connectivity index (χ3n) is 5.37. The summed E-state index contributed by atoms with van der Waals surface area (Å²) in [5.74, 6) is 2.68. The van der Waals surface area contributed by atoms with Crippen LogP contribution in [0.15, 0.2) is 12.3 Å². The topological polar surface area (TPSA) is 79.9 Å². The number of aryl methyl sites for hydroxylation is 1. The molecule has 0 radical (unpaired) electrons. The van der Waals surface area contributed by atoms with Crippen LogP contribution in [0.1, 0.15) is 18.1 Å². The van der Waals surface area contributed by atoms with Crippen molar-refractivity contribution in [2.75, 3.05) is 13.2 Å². The second kappa shape index (κ2) is 8.74. The van der Waals surface area contributed by atoms with Crippen LogP contribution >= 0.6 is 11.6 Å². The molecule has 4 rings (SSSR count). The number of nitrogens with zero attached hydrogens (tertiary/aromatic N) is 6. The molecule has 3 aromatic rings. The predicted molar refractivity (Wildman–Crippen MR) is 119 cm³/mol. The molecule has 1 unspecified atom stereocenters. The molecule has 0 aliphatic carbocycles. The van der Waals surface area contributed by atoms with Gasteiger partial charge in [0.1, 0.15) is 23.9 Å². The summed E-state index contributed by atoms with van der Waals surface area (Å²) >= 11 is 6.14. The first-order chi connectivity index (χ1) is 14.4. The highest BCUT2D eigenvalue weighted by atomic mass is 35.5. The van der Waals surface area contributed by atoms with Crippen molar-refractivity contribution in [3.8, 4) is 11.4 Å². The van der Waals surface area contributed by atoms with E-state index in [9.17, 15) is 0 Å². The average molecular weight is 449 g/mol. The molecule has 4 heterocycles. The number of halogens is 1. The Morgan fingerprint density at radius 3 is 2.73 bits per heavy atom. The van der Waals surface area contributed by atoms with Crippen molar-refractivity contribution in [1.29, 1.82) is 0 Å². The van der Waals surface area contributed by atoms with E-state index in [1.165, 1.54) is 0 Å². The first-order valence-electron chi connectivity index (χ1n) is 10.4. The smallest absolute Gasteiger partial charge is 0.167 e. The quantitative estimate of drug-likeness (QED) is 0.281. The first-order valence-corrected chi connectivity index (χ1v) is 14.6. The Morgan fingerprint density at radius 2 is 2.07 bits per heavy atom. The summed E-state index contributed by atoms with van der Waals surface area (Å²) in [5.41, 5.74) is 2.48. The van der Waals surface area contributed by atoms with E-state index in [1.807, 2.05) is 23.8 Å². The van der Waals surface area contributed by atoms with E-state index < -0.39 is 8.07 Å². The molecule has 0 aromatic carbocycles. The predicted octanol–water partition coefficient (Wildman–Crippen LogP) is 3.84. The molecule has 1 atom stereocenters. The fourth-order valence-corrected chi connectivity index (χ4v) is 4.35. The molecular formula is C20H29ClN6O2Si. The Balaban J connectivity index is 1.57. The lowest BCUT2D eigenvalue weighted by Crippen LogP contribution is -2.31. The van der Waals surface area contributed by atoms with E-state index in [-0.39, 0.29) is 6.10 Å².